The number of hydrogen-bond acceptors (Lipinski definition) is 3. The molecule has 5 heteroatoms. The van der Waals surface area contributed by atoms with Crippen molar-refractivity contribution in [2.45, 2.75) is 52.5 Å². The summed E-state index contributed by atoms with van der Waals surface area (Å²) in [5.41, 5.74) is -1.06. The standard InChI is InChI=1S/C14H23N3O2/c1-4-14(3,10-15)13(19)16-11(2)12(18)17-8-6-5-7-9-17/h11H,4-9H2,1-3H3,(H,16,19). The fourth-order valence-corrected chi connectivity index (χ4v) is 2.10. The third-order valence-corrected chi connectivity index (χ3v) is 3.84. The van der Waals surface area contributed by atoms with E-state index >= 15 is 0 Å². The fraction of sp³-hybridized carbons (Fsp3) is 0.786. The van der Waals surface area contributed by atoms with Crippen molar-refractivity contribution in [1.82, 2.24) is 10.2 Å². The first kappa shape index (κ1) is 15.5. The zero-order valence-electron chi connectivity index (χ0n) is 12.0. The summed E-state index contributed by atoms with van der Waals surface area (Å²) in [6, 6.07) is 1.45. The summed E-state index contributed by atoms with van der Waals surface area (Å²) in [5, 5.41) is 11.7. The Hall–Kier alpha value is -1.57. The minimum Gasteiger partial charge on any atom is -0.343 e. The molecule has 1 aliphatic heterocycles. The predicted molar refractivity (Wildman–Crippen MR) is 72.0 cm³/mol. The molecular weight excluding hydrogens is 242 g/mol. The second-order valence-electron chi connectivity index (χ2n) is 5.38. The Morgan fingerprint density at radius 3 is 2.42 bits per heavy atom. The summed E-state index contributed by atoms with van der Waals surface area (Å²) in [7, 11) is 0. The molecule has 0 aromatic rings. The maximum atomic E-state index is 12.2. The number of rotatable bonds is 4. The van der Waals surface area contributed by atoms with Gasteiger partial charge >= 0.3 is 0 Å². The van der Waals surface area contributed by atoms with Gasteiger partial charge < -0.3 is 10.2 Å². The largest absolute Gasteiger partial charge is 0.343 e. The minimum atomic E-state index is -1.06. The third-order valence-electron chi connectivity index (χ3n) is 3.84. The van der Waals surface area contributed by atoms with Crippen LogP contribution < -0.4 is 5.32 Å². The van der Waals surface area contributed by atoms with Gasteiger partial charge in [0.25, 0.3) is 0 Å². The van der Waals surface area contributed by atoms with Gasteiger partial charge in [-0.3, -0.25) is 9.59 Å². The fourth-order valence-electron chi connectivity index (χ4n) is 2.10. The van der Waals surface area contributed by atoms with Crippen LogP contribution in [0.5, 0.6) is 0 Å². The smallest absolute Gasteiger partial charge is 0.244 e. The first-order valence-electron chi connectivity index (χ1n) is 6.95. The van der Waals surface area contributed by atoms with Crippen molar-refractivity contribution in [1.29, 1.82) is 5.26 Å². The Morgan fingerprint density at radius 1 is 1.37 bits per heavy atom. The van der Waals surface area contributed by atoms with Gasteiger partial charge in [-0.25, -0.2) is 0 Å². The van der Waals surface area contributed by atoms with Crippen LogP contribution in [0.1, 0.15) is 46.5 Å². The lowest BCUT2D eigenvalue weighted by Gasteiger charge is -2.30. The lowest BCUT2D eigenvalue weighted by atomic mass is 9.88. The average molecular weight is 265 g/mol. The number of amides is 2. The highest BCUT2D eigenvalue weighted by Gasteiger charge is 2.34. The van der Waals surface area contributed by atoms with E-state index in [1.54, 1.807) is 25.7 Å². The summed E-state index contributed by atoms with van der Waals surface area (Å²) in [6.45, 7) is 6.60. The Morgan fingerprint density at radius 2 is 1.95 bits per heavy atom. The highest BCUT2D eigenvalue weighted by atomic mass is 16.2. The van der Waals surface area contributed by atoms with Gasteiger partial charge in [0, 0.05) is 13.1 Å². The Kier molecular flexibility index (Phi) is 5.34. The van der Waals surface area contributed by atoms with Gasteiger partial charge in [0.05, 0.1) is 6.07 Å². The third kappa shape index (κ3) is 3.69. The van der Waals surface area contributed by atoms with Crippen molar-refractivity contribution in [3.05, 3.63) is 0 Å². The van der Waals surface area contributed by atoms with E-state index in [4.69, 9.17) is 5.26 Å². The average Bonchev–Trinajstić information content (AvgIpc) is 2.46. The van der Waals surface area contributed by atoms with Crippen LogP contribution in [0.2, 0.25) is 0 Å². The van der Waals surface area contributed by atoms with Crippen LogP contribution >= 0.6 is 0 Å². The number of piperidine rings is 1. The SMILES string of the molecule is CCC(C)(C#N)C(=O)NC(C)C(=O)N1CCCCC1. The predicted octanol–water partition coefficient (Wildman–Crippen LogP) is 1.44. The van der Waals surface area contributed by atoms with Crippen molar-refractivity contribution in [3.8, 4) is 6.07 Å². The Labute approximate surface area is 115 Å². The summed E-state index contributed by atoms with van der Waals surface area (Å²) in [5.74, 6) is -0.417. The molecular formula is C14H23N3O2. The Bertz CT molecular complexity index is 383. The summed E-state index contributed by atoms with van der Waals surface area (Å²) in [6.07, 6.45) is 3.64. The molecule has 0 radical (unpaired) electrons. The van der Waals surface area contributed by atoms with Gasteiger partial charge in [0.15, 0.2) is 0 Å². The molecule has 0 spiro atoms. The molecule has 2 unspecified atom stereocenters. The topological polar surface area (TPSA) is 73.2 Å². The second kappa shape index (κ2) is 6.55. The van der Waals surface area contributed by atoms with Crippen LogP contribution in [-0.4, -0.2) is 35.8 Å². The quantitative estimate of drug-likeness (QED) is 0.836. The summed E-state index contributed by atoms with van der Waals surface area (Å²) >= 11 is 0. The monoisotopic (exact) mass is 265 g/mol. The first-order chi connectivity index (χ1) is 8.94. The van der Waals surface area contributed by atoms with Crippen molar-refractivity contribution in [2.24, 2.45) is 5.41 Å². The number of nitrogens with zero attached hydrogens (tertiary/aromatic N) is 2. The zero-order valence-corrected chi connectivity index (χ0v) is 12.0. The van der Waals surface area contributed by atoms with Gasteiger partial charge in [-0.15, -0.1) is 0 Å². The molecule has 1 saturated heterocycles. The van der Waals surface area contributed by atoms with E-state index < -0.39 is 11.5 Å². The summed E-state index contributed by atoms with van der Waals surface area (Å²) < 4.78 is 0. The number of nitrogens with one attached hydrogen (secondary N) is 1. The van der Waals surface area contributed by atoms with E-state index in [-0.39, 0.29) is 11.8 Å². The van der Waals surface area contributed by atoms with Gasteiger partial charge in [-0.05, 0) is 39.5 Å². The van der Waals surface area contributed by atoms with Crippen molar-refractivity contribution < 1.29 is 9.59 Å². The molecule has 1 heterocycles. The second-order valence-corrected chi connectivity index (χ2v) is 5.38. The van der Waals surface area contributed by atoms with Gasteiger partial charge in [0.1, 0.15) is 11.5 Å². The molecule has 0 bridgehead atoms. The van der Waals surface area contributed by atoms with Gasteiger partial charge in [0.2, 0.25) is 11.8 Å². The minimum absolute atomic E-state index is 0.0514. The molecule has 2 amide bonds. The maximum Gasteiger partial charge on any atom is 0.244 e. The number of nitriles is 1. The highest BCUT2D eigenvalue weighted by molar-refractivity contribution is 5.91. The normalized spacial score (nSPS) is 20.0. The van der Waals surface area contributed by atoms with Crippen molar-refractivity contribution in [2.75, 3.05) is 13.1 Å². The molecule has 5 nitrogen and oxygen atoms in total. The number of likely N-dealkylation sites (tertiary alicyclic amines) is 1. The van der Waals surface area contributed by atoms with E-state index in [0.29, 0.717) is 6.42 Å². The van der Waals surface area contributed by atoms with E-state index in [9.17, 15) is 9.59 Å². The Balaban J connectivity index is 2.59. The van der Waals surface area contributed by atoms with E-state index in [0.717, 1.165) is 32.4 Å². The van der Waals surface area contributed by atoms with Crippen LogP contribution in [0, 0.1) is 16.7 Å². The maximum absolute atomic E-state index is 12.2. The molecule has 0 saturated carbocycles. The van der Waals surface area contributed by atoms with Crippen LogP contribution in [0.25, 0.3) is 0 Å². The molecule has 106 valence electrons. The van der Waals surface area contributed by atoms with Crippen LogP contribution in [0.3, 0.4) is 0 Å². The van der Waals surface area contributed by atoms with Crippen LogP contribution in [0.15, 0.2) is 0 Å². The molecule has 1 N–H and O–H groups in total. The summed E-state index contributed by atoms with van der Waals surface area (Å²) in [4.78, 5) is 26.0. The molecule has 1 aliphatic rings. The molecule has 0 aromatic carbocycles. The first-order valence-corrected chi connectivity index (χ1v) is 6.95. The molecule has 1 fully saturated rings. The van der Waals surface area contributed by atoms with Crippen LogP contribution in [-0.2, 0) is 9.59 Å². The number of carbonyl (C=O) groups is 2. The lowest BCUT2D eigenvalue weighted by Crippen LogP contribution is -2.51. The molecule has 2 atom stereocenters. The molecule has 0 aliphatic carbocycles. The van der Waals surface area contributed by atoms with Gasteiger partial charge in [-0.1, -0.05) is 6.92 Å². The number of carbonyl (C=O) groups excluding carboxylic acids is 2. The molecule has 19 heavy (non-hydrogen) atoms. The zero-order chi connectivity index (χ0) is 14.5. The van der Waals surface area contributed by atoms with Crippen molar-refractivity contribution >= 4 is 11.8 Å². The van der Waals surface area contributed by atoms with Gasteiger partial charge in [-0.2, -0.15) is 5.26 Å². The lowest BCUT2D eigenvalue weighted by molar-refractivity contribution is -0.138. The van der Waals surface area contributed by atoms with E-state index in [2.05, 4.69) is 5.32 Å². The van der Waals surface area contributed by atoms with Crippen LogP contribution in [0.4, 0.5) is 0 Å². The van der Waals surface area contributed by atoms with Crippen molar-refractivity contribution in [3.63, 3.8) is 0 Å². The van der Waals surface area contributed by atoms with E-state index in [1.165, 1.54) is 0 Å². The molecule has 0 aromatic heterocycles. The van der Waals surface area contributed by atoms with E-state index in [1.807, 2.05) is 6.07 Å². The molecule has 1 rings (SSSR count). The highest BCUT2D eigenvalue weighted by Crippen LogP contribution is 2.20. The number of hydrogen-bond donors (Lipinski definition) is 1.